The molecule has 0 unspecified atom stereocenters. The predicted octanol–water partition coefficient (Wildman–Crippen LogP) is 3.73. The average molecular weight is 298 g/mol. The average Bonchev–Trinajstić information content (AvgIpc) is 2.92. The van der Waals surface area contributed by atoms with Gasteiger partial charge < -0.3 is 10.6 Å². The number of anilines is 2. The van der Waals surface area contributed by atoms with E-state index in [4.69, 9.17) is 11.6 Å². The summed E-state index contributed by atoms with van der Waals surface area (Å²) in [6, 6.07) is 0. The number of aromatic nitrogens is 3. The van der Waals surface area contributed by atoms with Crippen LogP contribution in [0.1, 0.15) is 52.4 Å². The Morgan fingerprint density at radius 2 is 1.70 bits per heavy atom. The summed E-state index contributed by atoms with van der Waals surface area (Å²) in [5, 5.41) is 6.72. The molecule has 1 saturated carbocycles. The van der Waals surface area contributed by atoms with Crippen LogP contribution in [0.25, 0.3) is 0 Å². The van der Waals surface area contributed by atoms with Crippen LogP contribution < -0.4 is 10.6 Å². The van der Waals surface area contributed by atoms with Crippen molar-refractivity contribution in [3.63, 3.8) is 0 Å². The van der Waals surface area contributed by atoms with Gasteiger partial charge in [-0.05, 0) is 42.7 Å². The van der Waals surface area contributed by atoms with E-state index in [1.54, 1.807) is 0 Å². The lowest BCUT2D eigenvalue weighted by molar-refractivity contribution is 0.306. The minimum Gasteiger partial charge on any atom is -0.354 e. The third kappa shape index (κ3) is 3.95. The van der Waals surface area contributed by atoms with Gasteiger partial charge in [0.1, 0.15) is 0 Å². The molecule has 0 spiro atoms. The Balaban J connectivity index is 1.99. The van der Waals surface area contributed by atoms with Crippen LogP contribution in [0, 0.1) is 5.41 Å². The summed E-state index contributed by atoms with van der Waals surface area (Å²) in [6.07, 6.45) is 7.45. The maximum absolute atomic E-state index is 5.95. The molecule has 2 N–H and O–H groups in total. The van der Waals surface area contributed by atoms with Crippen molar-refractivity contribution in [2.75, 3.05) is 23.7 Å². The third-order valence-corrected chi connectivity index (χ3v) is 4.35. The Bertz CT molecular complexity index is 432. The molecule has 0 radical (unpaired) electrons. The number of nitrogens with zero attached hydrogens (tertiary/aromatic N) is 3. The normalized spacial score (nSPS) is 17.1. The molecule has 5 nitrogen and oxygen atoms in total. The van der Waals surface area contributed by atoms with Crippen LogP contribution in [0.3, 0.4) is 0 Å². The summed E-state index contributed by atoms with van der Waals surface area (Å²) >= 11 is 5.95. The maximum atomic E-state index is 5.95. The van der Waals surface area contributed by atoms with Gasteiger partial charge in [0, 0.05) is 13.1 Å². The molecular weight excluding hydrogens is 274 g/mol. The molecule has 2 rings (SSSR count). The van der Waals surface area contributed by atoms with Gasteiger partial charge in [-0.3, -0.25) is 0 Å². The molecule has 6 heteroatoms. The van der Waals surface area contributed by atoms with E-state index in [0.29, 0.717) is 17.3 Å². The number of rotatable bonds is 7. The Morgan fingerprint density at radius 1 is 1.05 bits per heavy atom. The van der Waals surface area contributed by atoms with Gasteiger partial charge in [-0.1, -0.05) is 26.7 Å². The zero-order chi connectivity index (χ0) is 14.4. The predicted molar refractivity (Wildman–Crippen MR) is 83.3 cm³/mol. The molecule has 0 saturated heterocycles. The van der Waals surface area contributed by atoms with Gasteiger partial charge in [0.15, 0.2) is 0 Å². The van der Waals surface area contributed by atoms with E-state index in [1.165, 1.54) is 32.1 Å². The molecule has 0 atom stereocenters. The molecule has 1 aliphatic carbocycles. The second kappa shape index (κ2) is 7.07. The molecule has 1 aliphatic rings. The minimum absolute atomic E-state index is 0.234. The quantitative estimate of drug-likeness (QED) is 0.803. The monoisotopic (exact) mass is 297 g/mol. The molecule has 1 aromatic heterocycles. The zero-order valence-corrected chi connectivity index (χ0v) is 13.1. The first kappa shape index (κ1) is 15.3. The lowest BCUT2D eigenvalue weighted by Crippen LogP contribution is -2.26. The smallest absolute Gasteiger partial charge is 0.228 e. The Hall–Kier alpha value is -1.10. The molecule has 1 fully saturated rings. The van der Waals surface area contributed by atoms with Crippen molar-refractivity contribution >= 4 is 23.5 Å². The van der Waals surface area contributed by atoms with Gasteiger partial charge in [-0.2, -0.15) is 15.0 Å². The van der Waals surface area contributed by atoms with E-state index < -0.39 is 0 Å². The van der Waals surface area contributed by atoms with Crippen molar-refractivity contribution < 1.29 is 0 Å². The highest BCUT2D eigenvalue weighted by Crippen LogP contribution is 2.40. The van der Waals surface area contributed by atoms with Crippen molar-refractivity contribution in [2.24, 2.45) is 5.41 Å². The van der Waals surface area contributed by atoms with Crippen LogP contribution in [0.15, 0.2) is 0 Å². The van der Waals surface area contributed by atoms with Crippen LogP contribution in [0.2, 0.25) is 5.28 Å². The molecule has 0 bridgehead atoms. The fourth-order valence-corrected chi connectivity index (χ4v) is 2.95. The first-order chi connectivity index (χ1) is 9.67. The molecule has 0 amide bonds. The van der Waals surface area contributed by atoms with Gasteiger partial charge >= 0.3 is 0 Å². The first-order valence-electron chi connectivity index (χ1n) is 7.57. The Morgan fingerprint density at radius 3 is 2.30 bits per heavy atom. The summed E-state index contributed by atoms with van der Waals surface area (Å²) in [5.74, 6) is 1.12. The summed E-state index contributed by atoms with van der Waals surface area (Å²) in [6.45, 7) is 6.11. The maximum Gasteiger partial charge on any atom is 0.228 e. The topological polar surface area (TPSA) is 62.7 Å². The summed E-state index contributed by atoms with van der Waals surface area (Å²) < 4.78 is 0. The molecule has 0 aromatic carbocycles. The van der Waals surface area contributed by atoms with Crippen molar-refractivity contribution in [1.29, 1.82) is 0 Å². The van der Waals surface area contributed by atoms with Crippen LogP contribution in [0.5, 0.6) is 0 Å². The van der Waals surface area contributed by atoms with Crippen molar-refractivity contribution in [2.45, 2.75) is 52.4 Å². The molecule has 112 valence electrons. The first-order valence-corrected chi connectivity index (χ1v) is 7.94. The van der Waals surface area contributed by atoms with Crippen LogP contribution >= 0.6 is 11.6 Å². The zero-order valence-electron chi connectivity index (χ0n) is 12.4. The lowest BCUT2D eigenvalue weighted by atomic mass is 9.83. The summed E-state index contributed by atoms with van der Waals surface area (Å²) in [4.78, 5) is 12.6. The van der Waals surface area contributed by atoms with E-state index in [9.17, 15) is 0 Å². The van der Waals surface area contributed by atoms with Crippen molar-refractivity contribution in [3.05, 3.63) is 5.28 Å². The number of halogens is 1. The fourth-order valence-electron chi connectivity index (χ4n) is 2.79. The highest BCUT2D eigenvalue weighted by atomic mass is 35.5. The molecule has 0 aliphatic heterocycles. The Kier molecular flexibility index (Phi) is 5.40. The van der Waals surface area contributed by atoms with Crippen molar-refractivity contribution in [3.8, 4) is 0 Å². The van der Waals surface area contributed by atoms with Crippen LogP contribution in [0.4, 0.5) is 11.9 Å². The van der Waals surface area contributed by atoms with Crippen molar-refractivity contribution in [1.82, 2.24) is 15.0 Å². The van der Waals surface area contributed by atoms with E-state index in [1.807, 2.05) is 0 Å². The summed E-state index contributed by atoms with van der Waals surface area (Å²) in [5.41, 5.74) is 0.399. The standard InChI is InChI=1S/C14H24ClN5/c1-3-9-16-12-18-11(15)19-13(20-12)17-10-14(4-2)7-5-6-8-14/h3-10H2,1-2H3,(H2,16,17,18,19,20). The SMILES string of the molecule is CCCNc1nc(Cl)nc(NCC2(CC)CCCC2)n1. The molecule has 1 aromatic rings. The highest BCUT2D eigenvalue weighted by molar-refractivity contribution is 6.28. The van der Waals surface area contributed by atoms with E-state index >= 15 is 0 Å². The van der Waals surface area contributed by atoms with E-state index in [0.717, 1.165) is 19.5 Å². The third-order valence-electron chi connectivity index (χ3n) is 4.18. The van der Waals surface area contributed by atoms with Gasteiger partial charge in [0.25, 0.3) is 0 Å². The lowest BCUT2D eigenvalue weighted by Gasteiger charge is -2.27. The van der Waals surface area contributed by atoms with E-state index in [-0.39, 0.29) is 5.28 Å². The van der Waals surface area contributed by atoms with Gasteiger partial charge in [-0.15, -0.1) is 0 Å². The van der Waals surface area contributed by atoms with E-state index in [2.05, 4.69) is 39.4 Å². The molecular formula is C14H24ClN5. The Labute approximate surface area is 126 Å². The number of hydrogen-bond acceptors (Lipinski definition) is 5. The van der Waals surface area contributed by atoms with Gasteiger partial charge in [0.05, 0.1) is 0 Å². The second-order valence-electron chi connectivity index (χ2n) is 5.59. The van der Waals surface area contributed by atoms with Crippen LogP contribution in [-0.4, -0.2) is 28.0 Å². The van der Waals surface area contributed by atoms with Crippen LogP contribution in [-0.2, 0) is 0 Å². The second-order valence-corrected chi connectivity index (χ2v) is 5.93. The molecule has 20 heavy (non-hydrogen) atoms. The highest BCUT2D eigenvalue weighted by Gasteiger charge is 2.31. The minimum atomic E-state index is 0.234. The molecule has 1 heterocycles. The largest absolute Gasteiger partial charge is 0.354 e. The van der Waals surface area contributed by atoms with Gasteiger partial charge in [-0.25, -0.2) is 0 Å². The number of hydrogen-bond donors (Lipinski definition) is 2. The summed E-state index contributed by atoms with van der Waals surface area (Å²) in [7, 11) is 0. The number of nitrogens with one attached hydrogen (secondary N) is 2. The fraction of sp³-hybridized carbons (Fsp3) is 0.786. The van der Waals surface area contributed by atoms with Gasteiger partial charge in [0.2, 0.25) is 17.2 Å².